The number of rotatable bonds is 5. The number of esters is 1. The molecule has 2 N–H and O–H groups in total. The molecule has 1 aromatic rings. The maximum absolute atomic E-state index is 12.7. The lowest BCUT2D eigenvalue weighted by atomic mass is 10.2. The number of nitrogens with one attached hydrogen (secondary N) is 1. The van der Waals surface area contributed by atoms with Gasteiger partial charge in [0.25, 0.3) is 5.91 Å². The van der Waals surface area contributed by atoms with Crippen molar-refractivity contribution in [3.05, 3.63) is 30.3 Å². The van der Waals surface area contributed by atoms with E-state index in [0.29, 0.717) is 7.11 Å². The van der Waals surface area contributed by atoms with Crippen molar-refractivity contribution >= 4 is 11.9 Å². The molecule has 116 valence electrons. The highest BCUT2D eigenvalue weighted by Gasteiger charge is 2.62. The van der Waals surface area contributed by atoms with E-state index in [1.807, 2.05) is 0 Å². The number of aliphatic hydroxyl groups is 1. The molecular weight excluding hydrogens is 295 g/mol. The quantitative estimate of drug-likeness (QED) is 0.615. The Balaban J connectivity index is 2.72. The summed E-state index contributed by atoms with van der Waals surface area (Å²) in [5.74, 6) is -3.16. The monoisotopic (exact) mass is 307 g/mol. The molecule has 1 atom stereocenters. The molecule has 0 unspecified atom stereocenters. The molecular formula is C12H12F3NO5. The highest BCUT2D eigenvalue weighted by atomic mass is 19.4. The fraction of sp³-hybridized carbons (Fsp3) is 0.333. The average Bonchev–Trinajstić information content (AvgIpc) is 2.44. The first-order chi connectivity index (χ1) is 9.70. The topological polar surface area (TPSA) is 84.9 Å². The number of alkyl halides is 3. The number of methoxy groups -OCH3 is 1. The minimum Gasteiger partial charge on any atom is -0.484 e. The van der Waals surface area contributed by atoms with Crippen LogP contribution in [0.15, 0.2) is 30.3 Å². The second-order valence-electron chi connectivity index (χ2n) is 3.85. The molecule has 0 radical (unpaired) electrons. The number of ether oxygens (including phenoxy) is 2. The van der Waals surface area contributed by atoms with Crippen molar-refractivity contribution in [3.8, 4) is 5.75 Å². The van der Waals surface area contributed by atoms with E-state index in [1.165, 1.54) is 12.1 Å². The zero-order chi connectivity index (χ0) is 16.1. The van der Waals surface area contributed by atoms with Crippen LogP contribution in [0.25, 0.3) is 0 Å². The molecule has 0 spiro atoms. The highest BCUT2D eigenvalue weighted by Crippen LogP contribution is 2.29. The zero-order valence-corrected chi connectivity index (χ0v) is 10.8. The summed E-state index contributed by atoms with van der Waals surface area (Å²) in [6.45, 7) is -0.820. The highest BCUT2D eigenvalue weighted by molar-refractivity contribution is 5.87. The lowest BCUT2D eigenvalue weighted by Gasteiger charge is -2.28. The Hall–Kier alpha value is -2.29. The van der Waals surface area contributed by atoms with Crippen molar-refractivity contribution in [2.45, 2.75) is 11.9 Å². The van der Waals surface area contributed by atoms with Crippen LogP contribution in [0.3, 0.4) is 0 Å². The van der Waals surface area contributed by atoms with Gasteiger partial charge < -0.3 is 19.9 Å². The van der Waals surface area contributed by atoms with Gasteiger partial charge >= 0.3 is 17.9 Å². The number of carbonyl (C=O) groups is 2. The largest absolute Gasteiger partial charge is 0.484 e. The van der Waals surface area contributed by atoms with Gasteiger partial charge in [0, 0.05) is 0 Å². The number of halogens is 3. The second kappa shape index (κ2) is 6.44. The van der Waals surface area contributed by atoms with Crippen LogP contribution >= 0.6 is 0 Å². The van der Waals surface area contributed by atoms with Crippen LogP contribution in [0.1, 0.15) is 0 Å². The Morgan fingerprint density at radius 3 is 2.29 bits per heavy atom. The fourth-order valence-electron chi connectivity index (χ4n) is 1.29. The predicted octanol–water partition coefficient (Wildman–Crippen LogP) is 0.605. The molecule has 0 saturated heterocycles. The van der Waals surface area contributed by atoms with Gasteiger partial charge in [0.1, 0.15) is 5.75 Å². The Morgan fingerprint density at radius 2 is 1.81 bits per heavy atom. The fourth-order valence-corrected chi connectivity index (χ4v) is 1.29. The van der Waals surface area contributed by atoms with Crippen molar-refractivity contribution in [2.24, 2.45) is 0 Å². The van der Waals surface area contributed by atoms with E-state index in [1.54, 1.807) is 18.2 Å². The molecule has 1 amide bonds. The van der Waals surface area contributed by atoms with Crippen LogP contribution in [0, 0.1) is 0 Å². The first kappa shape index (κ1) is 16.8. The Kier molecular flexibility index (Phi) is 5.14. The van der Waals surface area contributed by atoms with E-state index >= 15 is 0 Å². The molecule has 0 fully saturated rings. The van der Waals surface area contributed by atoms with Crippen molar-refractivity contribution in [1.29, 1.82) is 0 Å². The van der Waals surface area contributed by atoms with Crippen LogP contribution in [0.4, 0.5) is 13.2 Å². The second-order valence-corrected chi connectivity index (χ2v) is 3.85. The standard InChI is InChI=1S/C12H12F3NO5/c1-20-10(18)11(19,12(13,14)15)16-9(17)7-21-8-5-3-2-4-6-8/h2-6,19H,7H2,1H3,(H,16,17)/t11-/m0/s1. The third-order valence-electron chi connectivity index (χ3n) is 2.32. The smallest absolute Gasteiger partial charge is 0.448 e. The third kappa shape index (κ3) is 4.09. The van der Waals surface area contributed by atoms with Gasteiger partial charge in [-0.25, -0.2) is 4.79 Å². The Labute approximate surface area is 117 Å². The predicted molar refractivity (Wildman–Crippen MR) is 63.1 cm³/mol. The van der Waals surface area contributed by atoms with Gasteiger partial charge in [0.2, 0.25) is 0 Å². The van der Waals surface area contributed by atoms with Gasteiger partial charge in [-0.3, -0.25) is 4.79 Å². The van der Waals surface area contributed by atoms with Crippen LogP contribution in [-0.2, 0) is 14.3 Å². The summed E-state index contributed by atoms with van der Waals surface area (Å²) in [5, 5.41) is 10.4. The van der Waals surface area contributed by atoms with Gasteiger partial charge in [-0.2, -0.15) is 13.2 Å². The van der Waals surface area contributed by atoms with E-state index in [2.05, 4.69) is 4.74 Å². The lowest BCUT2D eigenvalue weighted by Crippen LogP contribution is -2.65. The molecule has 1 rings (SSSR count). The summed E-state index contributed by atoms with van der Waals surface area (Å²) >= 11 is 0. The Morgan fingerprint density at radius 1 is 1.24 bits per heavy atom. The van der Waals surface area contributed by atoms with Crippen LogP contribution in [-0.4, -0.2) is 42.6 Å². The van der Waals surface area contributed by atoms with E-state index < -0.39 is 30.4 Å². The summed E-state index contributed by atoms with van der Waals surface area (Å²) < 4.78 is 46.7. The van der Waals surface area contributed by atoms with Gasteiger partial charge in [-0.1, -0.05) is 18.2 Å². The minimum absolute atomic E-state index is 0.237. The molecule has 0 aliphatic carbocycles. The summed E-state index contributed by atoms with van der Waals surface area (Å²) in [7, 11) is 0.645. The van der Waals surface area contributed by atoms with E-state index in [0.717, 1.165) is 5.32 Å². The number of carbonyl (C=O) groups excluding carboxylic acids is 2. The number of amides is 1. The molecule has 0 aliphatic rings. The third-order valence-corrected chi connectivity index (χ3v) is 2.32. The maximum Gasteiger partial charge on any atom is 0.448 e. The maximum atomic E-state index is 12.7. The number of hydrogen-bond acceptors (Lipinski definition) is 5. The summed E-state index contributed by atoms with van der Waals surface area (Å²) in [6.07, 6.45) is -5.44. The van der Waals surface area contributed by atoms with Crippen LogP contribution < -0.4 is 10.1 Å². The molecule has 21 heavy (non-hydrogen) atoms. The van der Waals surface area contributed by atoms with E-state index in [-0.39, 0.29) is 5.75 Å². The van der Waals surface area contributed by atoms with Crippen LogP contribution in [0.5, 0.6) is 5.75 Å². The normalized spacial score (nSPS) is 14.0. The van der Waals surface area contributed by atoms with Gasteiger partial charge in [0.15, 0.2) is 6.61 Å². The minimum atomic E-state index is -5.44. The molecule has 0 aliphatic heterocycles. The number of hydrogen-bond donors (Lipinski definition) is 2. The first-order valence-electron chi connectivity index (χ1n) is 5.57. The molecule has 1 aromatic carbocycles. The van der Waals surface area contributed by atoms with E-state index in [9.17, 15) is 27.9 Å². The van der Waals surface area contributed by atoms with Crippen molar-refractivity contribution in [1.82, 2.24) is 5.32 Å². The van der Waals surface area contributed by atoms with Crippen molar-refractivity contribution < 1.29 is 37.3 Å². The molecule has 0 bridgehead atoms. The average molecular weight is 307 g/mol. The van der Waals surface area contributed by atoms with Gasteiger partial charge in [0.05, 0.1) is 7.11 Å². The van der Waals surface area contributed by atoms with Gasteiger partial charge in [-0.05, 0) is 12.1 Å². The molecule has 6 nitrogen and oxygen atoms in total. The van der Waals surface area contributed by atoms with E-state index in [4.69, 9.17) is 4.74 Å². The van der Waals surface area contributed by atoms with Crippen molar-refractivity contribution in [2.75, 3.05) is 13.7 Å². The first-order valence-corrected chi connectivity index (χ1v) is 5.57. The van der Waals surface area contributed by atoms with Crippen LogP contribution in [0.2, 0.25) is 0 Å². The number of benzene rings is 1. The summed E-state index contributed by atoms with van der Waals surface area (Å²) in [6, 6.07) is 7.81. The zero-order valence-electron chi connectivity index (χ0n) is 10.8. The summed E-state index contributed by atoms with van der Waals surface area (Å²) in [4.78, 5) is 22.4. The molecule has 0 aromatic heterocycles. The van der Waals surface area contributed by atoms with Gasteiger partial charge in [-0.15, -0.1) is 0 Å². The molecule has 0 heterocycles. The molecule has 9 heteroatoms. The SMILES string of the molecule is COC(=O)[C@@](O)(NC(=O)COc1ccccc1)C(F)(F)F. The molecule has 0 saturated carbocycles. The van der Waals surface area contributed by atoms with Crippen molar-refractivity contribution in [3.63, 3.8) is 0 Å². The lowest BCUT2D eigenvalue weighted by molar-refractivity contribution is -0.270. The number of para-hydroxylation sites is 1. The summed E-state index contributed by atoms with van der Waals surface area (Å²) in [5.41, 5.74) is -4.13. The Bertz CT molecular complexity index is 505.